The Balaban J connectivity index is 1.54. The molecule has 1 aliphatic rings. The predicted molar refractivity (Wildman–Crippen MR) is 105 cm³/mol. The van der Waals surface area contributed by atoms with Gasteiger partial charge in [0.15, 0.2) is 0 Å². The summed E-state index contributed by atoms with van der Waals surface area (Å²) in [6.45, 7) is 1.38. The molecule has 3 aromatic rings. The maximum Gasteiger partial charge on any atom is 0.257 e. The molecule has 1 fully saturated rings. The topological polar surface area (TPSA) is 51.7 Å². The van der Waals surface area contributed by atoms with Gasteiger partial charge in [0.05, 0.1) is 19.8 Å². The van der Waals surface area contributed by atoms with Crippen LogP contribution in [0.4, 0.5) is 0 Å². The van der Waals surface area contributed by atoms with Gasteiger partial charge in [-0.15, -0.1) is 0 Å². The quantitative estimate of drug-likeness (QED) is 0.707. The summed E-state index contributed by atoms with van der Waals surface area (Å²) in [5, 5.41) is 2.32. The minimum absolute atomic E-state index is 0.0159. The summed E-state index contributed by atoms with van der Waals surface area (Å²) >= 11 is 0. The number of hydrogen-bond acceptors (Lipinski definition) is 4. The Morgan fingerprint density at radius 1 is 1.07 bits per heavy atom. The molecule has 27 heavy (non-hydrogen) atoms. The summed E-state index contributed by atoms with van der Waals surface area (Å²) in [6, 6.07) is 15.6. The second-order valence-electron chi connectivity index (χ2n) is 6.76. The number of likely N-dealkylation sites (tertiary alicyclic amines) is 1. The summed E-state index contributed by atoms with van der Waals surface area (Å²) in [5.41, 5.74) is 1.61. The van der Waals surface area contributed by atoms with Crippen molar-refractivity contribution in [2.45, 2.75) is 12.3 Å². The first-order valence-electron chi connectivity index (χ1n) is 9.05. The molecule has 0 N–H and O–H groups in total. The second kappa shape index (κ2) is 7.27. The fourth-order valence-electron chi connectivity index (χ4n) is 3.66. The Labute approximate surface area is 158 Å². The second-order valence-corrected chi connectivity index (χ2v) is 6.76. The number of nitrogens with zero attached hydrogens (tertiary/aromatic N) is 2. The molecule has 1 aliphatic heterocycles. The number of rotatable bonds is 4. The zero-order chi connectivity index (χ0) is 18.8. The van der Waals surface area contributed by atoms with Crippen LogP contribution >= 0.6 is 0 Å². The van der Waals surface area contributed by atoms with Crippen LogP contribution in [-0.2, 0) is 0 Å². The van der Waals surface area contributed by atoms with Crippen molar-refractivity contribution in [1.29, 1.82) is 0 Å². The molecular weight excluding hydrogens is 340 g/mol. The summed E-state index contributed by atoms with van der Waals surface area (Å²) in [7, 11) is 3.16. The molecule has 0 spiro atoms. The minimum atomic E-state index is -0.0159. The van der Waals surface area contributed by atoms with Crippen LogP contribution in [0.5, 0.6) is 11.5 Å². The minimum Gasteiger partial charge on any atom is -0.497 e. The molecule has 0 saturated carbocycles. The van der Waals surface area contributed by atoms with Crippen LogP contribution in [0.2, 0.25) is 0 Å². The fraction of sp³-hybridized carbons (Fsp3) is 0.273. The molecule has 0 unspecified atom stereocenters. The normalized spacial score (nSPS) is 16.5. The Kier molecular flexibility index (Phi) is 4.67. The van der Waals surface area contributed by atoms with E-state index in [-0.39, 0.29) is 11.8 Å². The maximum atomic E-state index is 13.0. The Morgan fingerprint density at radius 2 is 1.89 bits per heavy atom. The third-order valence-electron chi connectivity index (χ3n) is 5.18. The van der Waals surface area contributed by atoms with E-state index in [1.165, 1.54) is 5.39 Å². The van der Waals surface area contributed by atoms with E-state index in [1.54, 1.807) is 32.4 Å². The lowest BCUT2D eigenvalue weighted by Gasteiger charge is -2.18. The van der Waals surface area contributed by atoms with Crippen molar-refractivity contribution in [1.82, 2.24) is 9.88 Å². The van der Waals surface area contributed by atoms with Crippen molar-refractivity contribution in [3.8, 4) is 11.5 Å². The van der Waals surface area contributed by atoms with E-state index in [2.05, 4.69) is 23.2 Å². The van der Waals surface area contributed by atoms with Gasteiger partial charge in [0.1, 0.15) is 11.5 Å². The van der Waals surface area contributed by atoms with Crippen LogP contribution in [0.15, 0.2) is 54.7 Å². The van der Waals surface area contributed by atoms with Crippen molar-refractivity contribution >= 4 is 16.7 Å². The van der Waals surface area contributed by atoms with Crippen LogP contribution in [0, 0.1) is 0 Å². The molecular formula is C22H22N2O3. The number of ether oxygens (including phenoxy) is 2. The van der Waals surface area contributed by atoms with Gasteiger partial charge in [-0.05, 0) is 30.0 Å². The number of fused-ring (bicyclic) bond motifs is 1. The highest BCUT2D eigenvalue weighted by Gasteiger charge is 2.30. The molecule has 1 saturated heterocycles. The number of carbonyl (C=O) groups excluding carboxylic acids is 1. The summed E-state index contributed by atoms with van der Waals surface area (Å²) < 4.78 is 10.6. The largest absolute Gasteiger partial charge is 0.497 e. The molecule has 2 aromatic carbocycles. The number of amides is 1. The molecule has 0 aliphatic carbocycles. The highest BCUT2D eigenvalue weighted by atomic mass is 16.5. The number of pyridine rings is 1. The first-order chi connectivity index (χ1) is 13.2. The molecule has 1 amide bonds. The number of methoxy groups -OCH3 is 2. The molecule has 5 nitrogen and oxygen atoms in total. The fourth-order valence-corrected chi connectivity index (χ4v) is 3.66. The smallest absolute Gasteiger partial charge is 0.257 e. The lowest BCUT2D eigenvalue weighted by molar-refractivity contribution is 0.0787. The molecule has 0 radical (unpaired) electrons. The number of hydrogen-bond donors (Lipinski definition) is 0. The molecule has 138 valence electrons. The van der Waals surface area contributed by atoms with Gasteiger partial charge < -0.3 is 14.4 Å². The van der Waals surface area contributed by atoms with Gasteiger partial charge in [0, 0.05) is 42.4 Å². The van der Waals surface area contributed by atoms with Crippen LogP contribution in [0.3, 0.4) is 0 Å². The van der Waals surface area contributed by atoms with Gasteiger partial charge in [0.2, 0.25) is 0 Å². The third kappa shape index (κ3) is 3.33. The Hall–Kier alpha value is -3.08. The molecule has 5 heteroatoms. The monoisotopic (exact) mass is 362 g/mol. The van der Waals surface area contributed by atoms with Crippen molar-refractivity contribution in [3.63, 3.8) is 0 Å². The summed E-state index contributed by atoms with van der Waals surface area (Å²) in [6.07, 6.45) is 2.83. The Morgan fingerprint density at radius 3 is 2.67 bits per heavy atom. The number of carbonyl (C=O) groups is 1. The van der Waals surface area contributed by atoms with Crippen molar-refractivity contribution < 1.29 is 14.3 Å². The highest BCUT2D eigenvalue weighted by Crippen LogP contribution is 2.31. The lowest BCUT2D eigenvalue weighted by Crippen LogP contribution is -2.28. The van der Waals surface area contributed by atoms with Crippen LogP contribution in [0.25, 0.3) is 10.8 Å². The van der Waals surface area contributed by atoms with Crippen molar-refractivity contribution in [3.05, 3.63) is 66.0 Å². The van der Waals surface area contributed by atoms with Gasteiger partial charge in [0.25, 0.3) is 5.91 Å². The third-order valence-corrected chi connectivity index (χ3v) is 5.18. The molecule has 1 atom stereocenters. The summed E-state index contributed by atoms with van der Waals surface area (Å²) in [5.74, 6) is 1.44. The van der Waals surface area contributed by atoms with E-state index >= 15 is 0 Å². The van der Waals surface area contributed by atoms with Gasteiger partial charge in [-0.3, -0.25) is 9.78 Å². The van der Waals surface area contributed by atoms with Gasteiger partial charge in [-0.25, -0.2) is 0 Å². The predicted octanol–water partition coefficient (Wildman–Crippen LogP) is 3.88. The molecule has 2 heterocycles. The zero-order valence-corrected chi connectivity index (χ0v) is 15.5. The number of aromatic nitrogens is 1. The number of benzene rings is 2. The molecule has 1 aromatic heterocycles. The van der Waals surface area contributed by atoms with E-state index in [9.17, 15) is 4.79 Å². The first-order valence-corrected chi connectivity index (χ1v) is 9.05. The van der Waals surface area contributed by atoms with Crippen molar-refractivity contribution in [2.75, 3.05) is 27.3 Å². The van der Waals surface area contributed by atoms with Gasteiger partial charge in [-0.2, -0.15) is 0 Å². The van der Waals surface area contributed by atoms with Crippen LogP contribution in [0.1, 0.15) is 28.4 Å². The average Bonchev–Trinajstić information content (AvgIpc) is 3.22. The average molecular weight is 362 g/mol. The zero-order valence-electron chi connectivity index (χ0n) is 15.5. The Bertz CT molecular complexity index is 986. The SMILES string of the molecule is COc1ccc(C(=O)N2CC[C@H](c3cc4ccccc4cn3)C2)c(OC)c1. The molecule has 4 rings (SSSR count). The van der Waals surface area contributed by atoms with E-state index in [1.807, 2.05) is 23.2 Å². The van der Waals surface area contributed by atoms with Crippen molar-refractivity contribution in [2.24, 2.45) is 0 Å². The van der Waals surface area contributed by atoms with Crippen LogP contribution < -0.4 is 9.47 Å². The maximum absolute atomic E-state index is 13.0. The standard InChI is InChI=1S/C22H22N2O3/c1-26-18-7-8-19(21(12-18)27-2)22(25)24-10-9-17(14-24)20-11-15-5-3-4-6-16(15)13-23-20/h3-8,11-13,17H,9-10,14H2,1-2H3/t17-/m0/s1. The van der Waals surface area contributed by atoms with E-state index in [4.69, 9.17) is 9.47 Å². The van der Waals surface area contributed by atoms with E-state index in [0.717, 1.165) is 17.5 Å². The first kappa shape index (κ1) is 17.3. The summed E-state index contributed by atoms with van der Waals surface area (Å²) in [4.78, 5) is 19.5. The van der Waals surface area contributed by atoms with E-state index < -0.39 is 0 Å². The van der Waals surface area contributed by atoms with Gasteiger partial charge in [-0.1, -0.05) is 24.3 Å². The lowest BCUT2D eigenvalue weighted by atomic mass is 10.0. The van der Waals surface area contributed by atoms with E-state index in [0.29, 0.717) is 30.2 Å². The highest BCUT2D eigenvalue weighted by molar-refractivity contribution is 5.97. The van der Waals surface area contributed by atoms with Crippen LogP contribution in [-0.4, -0.2) is 43.1 Å². The van der Waals surface area contributed by atoms with Gasteiger partial charge >= 0.3 is 0 Å². The molecule has 0 bridgehead atoms.